The van der Waals surface area contributed by atoms with E-state index in [0.717, 1.165) is 0 Å². The first-order valence-electron chi connectivity index (χ1n) is 0. The Balaban J connectivity index is 0. The van der Waals surface area contributed by atoms with Crippen LogP contribution in [0.2, 0.25) is 0 Å². The van der Waals surface area contributed by atoms with Crippen LogP contribution < -0.4 is 36.9 Å². The summed E-state index contributed by atoms with van der Waals surface area (Å²) in [5, 5.41) is 0. The Kier molecular flexibility index (Phi) is 1140000. The average Bonchev–Trinajstić information content (AvgIpc) is 0. The van der Waals surface area contributed by atoms with Gasteiger partial charge in [0.15, 0.2) is 0 Å². The molecule has 10 heavy (non-hydrogen) atoms. The molecule has 0 aliphatic rings. The molecule has 0 aromatic heterocycles. The standard InChI is InChI=1S/Al.3B.6H3N/h;;;;6*1H3/q+3;3*-1;;;;;;. The Morgan fingerprint density at radius 3 is 0.300 bits per heavy atom. The number of hydrogen-bond acceptors (Lipinski definition) is 6. The van der Waals surface area contributed by atoms with Crippen molar-refractivity contribution in [2.24, 2.45) is 0 Å². The van der Waals surface area contributed by atoms with Crippen LogP contribution in [0.4, 0.5) is 0 Å². The summed E-state index contributed by atoms with van der Waals surface area (Å²) in [5.74, 6) is 0. The summed E-state index contributed by atoms with van der Waals surface area (Å²) >= 11 is 0. The molecule has 0 aromatic carbocycles. The maximum atomic E-state index is 0. The van der Waals surface area contributed by atoms with E-state index in [1.807, 2.05) is 0 Å². The predicted molar refractivity (Wildman–Crippen MR) is 53.1 cm³/mol. The van der Waals surface area contributed by atoms with Gasteiger partial charge in [-0.3, -0.25) is 0 Å². The Labute approximate surface area is 80.0 Å². The van der Waals surface area contributed by atoms with E-state index in [0.29, 0.717) is 0 Å². The predicted octanol–water partition coefficient (Wildman–Crippen LogP) is -0.551. The van der Waals surface area contributed by atoms with E-state index in [2.05, 4.69) is 0 Å². The van der Waals surface area contributed by atoms with E-state index in [4.69, 9.17) is 0 Å². The van der Waals surface area contributed by atoms with Crippen molar-refractivity contribution in [2.45, 2.75) is 0 Å². The normalized spacial score (nSPS) is 0. The van der Waals surface area contributed by atoms with Crippen LogP contribution in [0.15, 0.2) is 0 Å². The average molecular weight is 162 g/mol. The van der Waals surface area contributed by atoms with E-state index in [9.17, 15) is 0 Å². The van der Waals surface area contributed by atoms with Gasteiger partial charge in [-0.05, 0) is 0 Å². The van der Waals surface area contributed by atoms with Crippen molar-refractivity contribution >= 4 is 42.6 Å². The molecule has 0 spiro atoms. The van der Waals surface area contributed by atoms with Gasteiger partial charge in [0.2, 0.25) is 0 Å². The van der Waals surface area contributed by atoms with Crippen molar-refractivity contribution in [1.82, 2.24) is 36.9 Å². The molecule has 6 nitrogen and oxygen atoms in total. The molecular formula is H18AlB3N6. The summed E-state index contributed by atoms with van der Waals surface area (Å²) in [6.45, 7) is 0. The summed E-state index contributed by atoms with van der Waals surface area (Å²) < 4.78 is 0. The van der Waals surface area contributed by atoms with Crippen molar-refractivity contribution in [3.63, 3.8) is 0 Å². The Bertz CT molecular complexity index is 13.0. The van der Waals surface area contributed by atoms with Crippen LogP contribution in [0.3, 0.4) is 0 Å². The molecule has 0 aliphatic carbocycles. The first-order chi connectivity index (χ1) is 0. The largest absolute Gasteiger partial charge is 3.00 e. The number of rotatable bonds is 0. The molecule has 0 saturated heterocycles. The van der Waals surface area contributed by atoms with E-state index in [-0.39, 0.29) is 79.5 Å². The van der Waals surface area contributed by atoms with Gasteiger partial charge in [-0.1, -0.05) is 0 Å². The van der Waals surface area contributed by atoms with Crippen LogP contribution in [0.1, 0.15) is 0 Å². The minimum Gasteiger partial charge on any atom is -1.00 e. The van der Waals surface area contributed by atoms with Gasteiger partial charge in [-0.2, -0.15) is 0 Å². The molecule has 0 amide bonds. The van der Waals surface area contributed by atoms with Crippen LogP contribution in [0.5, 0.6) is 0 Å². The van der Waals surface area contributed by atoms with Crippen molar-refractivity contribution in [3.8, 4) is 0 Å². The number of hydrogen-bond donors (Lipinski definition) is 6. The van der Waals surface area contributed by atoms with Gasteiger partial charge in [0.25, 0.3) is 0 Å². The summed E-state index contributed by atoms with van der Waals surface area (Å²) in [6, 6.07) is 0. The second kappa shape index (κ2) is 2880. The van der Waals surface area contributed by atoms with Crippen LogP contribution in [0, 0.1) is 0 Å². The third-order valence-corrected chi connectivity index (χ3v) is 0. The molecular weight excluding hydrogens is 143 g/mol. The topological polar surface area (TPSA) is 210 Å². The van der Waals surface area contributed by atoms with Crippen LogP contribution >= 0.6 is 0 Å². The molecule has 0 bridgehead atoms. The van der Waals surface area contributed by atoms with Crippen LogP contribution in [0.25, 0.3) is 0 Å². The molecule has 0 unspecified atom stereocenters. The van der Waals surface area contributed by atoms with Gasteiger partial charge in [-0.15, -0.1) is 0 Å². The van der Waals surface area contributed by atoms with Crippen molar-refractivity contribution < 1.29 is 0 Å². The summed E-state index contributed by atoms with van der Waals surface area (Å²) in [5.41, 5.74) is 0. The van der Waals surface area contributed by atoms with E-state index in [1.54, 1.807) is 0 Å². The minimum absolute atomic E-state index is 0. The minimum atomic E-state index is 0. The molecule has 12 radical (unpaired) electrons. The summed E-state index contributed by atoms with van der Waals surface area (Å²) in [4.78, 5) is 0. The molecule has 0 saturated carbocycles. The van der Waals surface area contributed by atoms with Crippen LogP contribution in [-0.2, 0) is 0 Å². The molecule has 18 N–H and O–H groups in total. The SMILES string of the molecule is N.N.N.N.N.N.[Al+3].[B-].[B-].[B-]. The third-order valence-electron chi connectivity index (χ3n) is 0. The first-order valence-corrected chi connectivity index (χ1v) is 0. The Hall–Kier alpha value is 0.487. The molecule has 0 aromatic rings. The first kappa shape index (κ1) is 3980. The molecule has 0 fully saturated rings. The second-order valence-electron chi connectivity index (χ2n) is 0. The van der Waals surface area contributed by atoms with Gasteiger partial charge in [0, 0.05) is 0 Å². The molecule has 10 heteroatoms. The van der Waals surface area contributed by atoms with Crippen LogP contribution in [-0.4, -0.2) is 42.6 Å². The van der Waals surface area contributed by atoms with Gasteiger partial charge < -0.3 is 62.1 Å². The molecule has 60 valence electrons. The van der Waals surface area contributed by atoms with E-state index in [1.165, 1.54) is 0 Å². The Morgan fingerprint density at radius 2 is 0.300 bits per heavy atom. The van der Waals surface area contributed by atoms with E-state index < -0.39 is 0 Å². The quantitative estimate of drug-likeness (QED) is 0.256. The van der Waals surface area contributed by atoms with Gasteiger partial charge in [-0.25, -0.2) is 0 Å². The zero-order chi connectivity index (χ0) is 0. The fourth-order valence-electron chi connectivity index (χ4n) is 0. The fraction of sp³-hybridized carbons (Fsp3) is 0. The van der Waals surface area contributed by atoms with Crippen molar-refractivity contribution in [3.05, 3.63) is 0 Å². The molecule has 0 heterocycles. The third kappa shape index (κ3) is 2000. The monoisotopic (exact) mass is 162 g/mol. The van der Waals surface area contributed by atoms with Gasteiger partial charge >= 0.3 is 17.4 Å². The maximum absolute atomic E-state index is 0. The molecule has 0 rings (SSSR count). The molecule has 0 atom stereocenters. The smallest absolute Gasteiger partial charge is 1.00 e. The zero-order valence-corrected chi connectivity index (χ0v) is 7.71. The van der Waals surface area contributed by atoms with Gasteiger partial charge in [0.05, 0.1) is 0 Å². The summed E-state index contributed by atoms with van der Waals surface area (Å²) in [6.07, 6.45) is 0. The Morgan fingerprint density at radius 1 is 0.300 bits per heavy atom. The maximum Gasteiger partial charge on any atom is 3.00 e. The zero-order valence-electron chi connectivity index (χ0n) is 6.55. The second-order valence-corrected chi connectivity index (χ2v) is 0. The fourth-order valence-corrected chi connectivity index (χ4v) is 0. The van der Waals surface area contributed by atoms with Crippen molar-refractivity contribution in [1.29, 1.82) is 0 Å². The summed E-state index contributed by atoms with van der Waals surface area (Å²) in [7, 11) is 0. The van der Waals surface area contributed by atoms with Gasteiger partial charge in [0.1, 0.15) is 0 Å². The molecule has 0 aliphatic heterocycles. The van der Waals surface area contributed by atoms with Crippen molar-refractivity contribution in [2.75, 3.05) is 0 Å². The van der Waals surface area contributed by atoms with E-state index >= 15 is 0 Å².